The van der Waals surface area contributed by atoms with Crippen LogP contribution in [-0.2, 0) is 11.8 Å². The zero-order chi connectivity index (χ0) is 7.40. The standard InChI is InChI=1S/C7H9BrN2/c1-2-7-9-4-6(3-8)5-10-7/h4-5H,2-3H2,1H3. The average molecular weight is 201 g/mol. The van der Waals surface area contributed by atoms with Gasteiger partial charge in [-0.05, 0) is 5.56 Å². The number of aromatic nitrogens is 2. The van der Waals surface area contributed by atoms with Crippen molar-refractivity contribution in [1.82, 2.24) is 9.97 Å². The molecule has 0 spiro atoms. The second-order valence-corrected chi connectivity index (χ2v) is 2.56. The molecule has 1 heterocycles. The van der Waals surface area contributed by atoms with Gasteiger partial charge in [0.05, 0.1) is 0 Å². The minimum atomic E-state index is 0.830. The molecule has 0 unspecified atom stereocenters. The Kier molecular flexibility index (Phi) is 2.81. The third-order valence-corrected chi connectivity index (χ3v) is 1.88. The van der Waals surface area contributed by atoms with E-state index in [4.69, 9.17) is 0 Å². The fourth-order valence-corrected chi connectivity index (χ4v) is 0.923. The number of nitrogens with zero attached hydrogens (tertiary/aromatic N) is 2. The van der Waals surface area contributed by atoms with Gasteiger partial charge in [-0.15, -0.1) is 0 Å². The van der Waals surface area contributed by atoms with Crippen LogP contribution in [0.1, 0.15) is 18.3 Å². The number of hydrogen-bond acceptors (Lipinski definition) is 2. The smallest absolute Gasteiger partial charge is 0.127 e. The van der Waals surface area contributed by atoms with Crippen molar-refractivity contribution < 1.29 is 0 Å². The summed E-state index contributed by atoms with van der Waals surface area (Å²) in [5.41, 5.74) is 1.12. The predicted octanol–water partition coefficient (Wildman–Crippen LogP) is 1.93. The third kappa shape index (κ3) is 1.77. The normalized spacial score (nSPS) is 9.80. The van der Waals surface area contributed by atoms with E-state index < -0.39 is 0 Å². The SMILES string of the molecule is CCc1ncc(CBr)cn1. The molecule has 0 saturated heterocycles. The van der Waals surface area contributed by atoms with Crippen LogP contribution in [0.2, 0.25) is 0 Å². The molecule has 1 aromatic rings. The summed E-state index contributed by atoms with van der Waals surface area (Å²) in [5.74, 6) is 0.907. The lowest BCUT2D eigenvalue weighted by molar-refractivity contribution is 0.928. The van der Waals surface area contributed by atoms with Crippen molar-refractivity contribution in [3.63, 3.8) is 0 Å². The van der Waals surface area contributed by atoms with Crippen LogP contribution in [0.25, 0.3) is 0 Å². The van der Waals surface area contributed by atoms with Gasteiger partial charge < -0.3 is 0 Å². The van der Waals surface area contributed by atoms with E-state index in [1.807, 2.05) is 19.3 Å². The first-order chi connectivity index (χ1) is 4.86. The maximum atomic E-state index is 4.13. The van der Waals surface area contributed by atoms with Gasteiger partial charge in [0.25, 0.3) is 0 Å². The first-order valence-corrected chi connectivity index (χ1v) is 4.34. The van der Waals surface area contributed by atoms with Gasteiger partial charge in [0, 0.05) is 24.1 Å². The molecule has 0 amide bonds. The van der Waals surface area contributed by atoms with Crippen LogP contribution in [0.4, 0.5) is 0 Å². The topological polar surface area (TPSA) is 25.8 Å². The Labute approximate surface area is 68.8 Å². The van der Waals surface area contributed by atoms with Crippen LogP contribution in [0.15, 0.2) is 12.4 Å². The molecule has 0 fully saturated rings. The molecular weight excluding hydrogens is 192 g/mol. The minimum Gasteiger partial charge on any atom is -0.241 e. The van der Waals surface area contributed by atoms with Gasteiger partial charge in [0.1, 0.15) is 5.82 Å². The van der Waals surface area contributed by atoms with E-state index in [1.165, 1.54) is 0 Å². The molecule has 0 aliphatic heterocycles. The number of aryl methyl sites for hydroxylation is 1. The lowest BCUT2D eigenvalue weighted by atomic mass is 10.4. The monoisotopic (exact) mass is 200 g/mol. The average Bonchev–Trinajstić information content (AvgIpc) is 2.05. The van der Waals surface area contributed by atoms with Crippen LogP contribution in [0, 0.1) is 0 Å². The van der Waals surface area contributed by atoms with E-state index in [1.54, 1.807) is 0 Å². The highest BCUT2D eigenvalue weighted by molar-refractivity contribution is 9.08. The van der Waals surface area contributed by atoms with Crippen molar-refractivity contribution in [2.45, 2.75) is 18.7 Å². The highest BCUT2D eigenvalue weighted by atomic mass is 79.9. The van der Waals surface area contributed by atoms with E-state index >= 15 is 0 Å². The number of rotatable bonds is 2. The molecule has 0 aliphatic carbocycles. The van der Waals surface area contributed by atoms with Gasteiger partial charge in [-0.2, -0.15) is 0 Å². The molecule has 0 aromatic carbocycles. The summed E-state index contributed by atoms with van der Waals surface area (Å²) in [6.45, 7) is 2.04. The second-order valence-electron chi connectivity index (χ2n) is 1.99. The van der Waals surface area contributed by atoms with Crippen molar-refractivity contribution in [2.24, 2.45) is 0 Å². The Morgan fingerprint density at radius 2 is 2.00 bits per heavy atom. The molecular formula is C7H9BrN2. The maximum Gasteiger partial charge on any atom is 0.127 e. The Balaban J connectivity index is 2.80. The van der Waals surface area contributed by atoms with Crippen molar-refractivity contribution in [1.29, 1.82) is 0 Å². The van der Waals surface area contributed by atoms with Crippen LogP contribution >= 0.6 is 15.9 Å². The van der Waals surface area contributed by atoms with Gasteiger partial charge in [0.15, 0.2) is 0 Å². The van der Waals surface area contributed by atoms with Crippen molar-refractivity contribution >= 4 is 15.9 Å². The molecule has 0 aliphatic rings. The Hall–Kier alpha value is -0.440. The van der Waals surface area contributed by atoms with Gasteiger partial charge in [-0.1, -0.05) is 22.9 Å². The van der Waals surface area contributed by atoms with Gasteiger partial charge in [0.2, 0.25) is 0 Å². The van der Waals surface area contributed by atoms with E-state index in [9.17, 15) is 0 Å². The summed E-state index contributed by atoms with van der Waals surface area (Å²) in [4.78, 5) is 8.25. The molecule has 0 N–H and O–H groups in total. The highest BCUT2D eigenvalue weighted by Crippen LogP contribution is 2.01. The van der Waals surface area contributed by atoms with Gasteiger partial charge in [-0.3, -0.25) is 0 Å². The first kappa shape index (κ1) is 7.66. The van der Waals surface area contributed by atoms with Crippen LogP contribution in [0.3, 0.4) is 0 Å². The van der Waals surface area contributed by atoms with E-state index in [-0.39, 0.29) is 0 Å². The number of alkyl halides is 1. The van der Waals surface area contributed by atoms with Crippen LogP contribution < -0.4 is 0 Å². The summed E-state index contributed by atoms with van der Waals surface area (Å²) in [7, 11) is 0. The van der Waals surface area contributed by atoms with Crippen LogP contribution in [0.5, 0.6) is 0 Å². The zero-order valence-corrected chi connectivity index (χ0v) is 7.43. The summed E-state index contributed by atoms with van der Waals surface area (Å²) in [6, 6.07) is 0. The molecule has 1 rings (SSSR count). The Morgan fingerprint density at radius 3 is 2.40 bits per heavy atom. The lowest BCUT2D eigenvalue weighted by Crippen LogP contribution is -1.92. The molecule has 0 radical (unpaired) electrons. The molecule has 54 valence electrons. The van der Waals surface area contributed by atoms with E-state index in [2.05, 4.69) is 25.9 Å². The third-order valence-electron chi connectivity index (χ3n) is 1.23. The number of halogens is 1. The Morgan fingerprint density at radius 1 is 1.40 bits per heavy atom. The summed E-state index contributed by atoms with van der Waals surface area (Å²) < 4.78 is 0. The first-order valence-electron chi connectivity index (χ1n) is 3.22. The fraction of sp³-hybridized carbons (Fsp3) is 0.429. The van der Waals surface area contributed by atoms with E-state index in [0.717, 1.165) is 23.1 Å². The molecule has 3 heteroatoms. The maximum absolute atomic E-state index is 4.13. The summed E-state index contributed by atoms with van der Waals surface area (Å²) >= 11 is 3.32. The van der Waals surface area contributed by atoms with Crippen molar-refractivity contribution in [2.75, 3.05) is 0 Å². The zero-order valence-electron chi connectivity index (χ0n) is 5.84. The van der Waals surface area contributed by atoms with Crippen LogP contribution in [-0.4, -0.2) is 9.97 Å². The molecule has 10 heavy (non-hydrogen) atoms. The summed E-state index contributed by atoms with van der Waals surface area (Å²) in [5, 5.41) is 0.830. The fourth-order valence-electron chi connectivity index (χ4n) is 0.633. The molecule has 0 atom stereocenters. The summed E-state index contributed by atoms with van der Waals surface area (Å²) in [6.07, 6.45) is 4.60. The largest absolute Gasteiger partial charge is 0.241 e. The lowest BCUT2D eigenvalue weighted by Gasteiger charge is -1.94. The quantitative estimate of drug-likeness (QED) is 0.683. The molecule has 0 saturated carbocycles. The minimum absolute atomic E-state index is 0.830. The highest BCUT2D eigenvalue weighted by Gasteiger charge is 1.91. The predicted molar refractivity (Wildman–Crippen MR) is 44.0 cm³/mol. The molecule has 1 aromatic heterocycles. The Bertz CT molecular complexity index is 172. The number of hydrogen-bond donors (Lipinski definition) is 0. The molecule has 0 bridgehead atoms. The second kappa shape index (κ2) is 3.66. The van der Waals surface area contributed by atoms with Crippen molar-refractivity contribution in [3.8, 4) is 0 Å². The van der Waals surface area contributed by atoms with Gasteiger partial charge in [-0.25, -0.2) is 9.97 Å². The van der Waals surface area contributed by atoms with E-state index in [0.29, 0.717) is 0 Å². The molecule has 2 nitrogen and oxygen atoms in total. The van der Waals surface area contributed by atoms with Crippen molar-refractivity contribution in [3.05, 3.63) is 23.8 Å². The van der Waals surface area contributed by atoms with Gasteiger partial charge >= 0.3 is 0 Å².